The monoisotopic (exact) mass is 437 g/mol. The number of ether oxygens (including phenoxy) is 3. The zero-order valence-corrected chi connectivity index (χ0v) is 18.0. The lowest BCUT2D eigenvalue weighted by molar-refractivity contribution is -0.151. The topological polar surface area (TPSA) is 142 Å². The molecule has 0 spiro atoms. The van der Waals surface area contributed by atoms with Crippen molar-refractivity contribution >= 4 is 25.9 Å². The summed E-state index contributed by atoms with van der Waals surface area (Å²) in [6, 6.07) is -0.918. The van der Waals surface area contributed by atoms with Crippen LogP contribution < -0.4 is 10.4 Å². The van der Waals surface area contributed by atoms with Crippen LogP contribution in [0.3, 0.4) is 0 Å². The van der Waals surface area contributed by atoms with E-state index in [1.807, 2.05) is 0 Å². The quantitative estimate of drug-likeness (QED) is 0.353. The Morgan fingerprint density at radius 1 is 1.34 bits per heavy atom. The Labute approximate surface area is 170 Å². The minimum absolute atomic E-state index is 0.0112. The normalized spacial score (nSPS) is 29.7. The van der Waals surface area contributed by atoms with E-state index in [9.17, 15) is 19.3 Å². The van der Waals surface area contributed by atoms with Crippen molar-refractivity contribution in [2.45, 2.75) is 51.9 Å². The second-order valence-corrected chi connectivity index (χ2v) is 9.43. The molecule has 0 aromatic heterocycles. The molecule has 2 heterocycles. The number of esters is 2. The number of rotatable bonds is 8. The molecule has 2 fully saturated rings. The Kier molecular flexibility index (Phi) is 8.33. The van der Waals surface area contributed by atoms with Gasteiger partial charge in [-0.3, -0.25) is 14.4 Å². The highest BCUT2D eigenvalue weighted by molar-refractivity contribution is 7.58. The number of hydrogen-bond donors (Lipinski definition) is 3. The molecule has 0 aliphatic carbocycles. The maximum absolute atomic E-state index is 12.6. The zero-order chi connectivity index (χ0) is 21.7. The molecule has 2 rings (SSSR count). The van der Waals surface area contributed by atoms with Crippen molar-refractivity contribution in [1.82, 2.24) is 10.4 Å². The maximum Gasteiger partial charge on any atom is 0.500 e. The first-order chi connectivity index (χ1) is 13.6. The summed E-state index contributed by atoms with van der Waals surface area (Å²) in [4.78, 5) is 46.7. The predicted molar refractivity (Wildman–Crippen MR) is 101 cm³/mol. The van der Waals surface area contributed by atoms with Gasteiger partial charge in [-0.1, -0.05) is 13.8 Å². The molecule has 0 aromatic carbocycles. The third-order valence-electron chi connectivity index (χ3n) is 4.54. The highest BCUT2D eigenvalue weighted by Gasteiger charge is 2.58. The second kappa shape index (κ2) is 10.1. The van der Waals surface area contributed by atoms with E-state index in [1.54, 1.807) is 13.8 Å². The molecule has 166 valence electrons. The minimum atomic E-state index is -3.70. The van der Waals surface area contributed by atoms with Crippen molar-refractivity contribution in [2.75, 3.05) is 33.5 Å². The molecule has 2 aliphatic heterocycles. The molecule has 29 heavy (non-hydrogen) atoms. The standard InChI is InChI=1S/C17H29N2O9P/c1-11(16(22)27-12-6-8-25-9-12)19-29(23)26-10-17(2,3)14(28-29)15(21)18-7-5-13(20)24-4/h11-12,14,19,23H,5-10H2,1-4H3/p+1/t11-,12?,14-,29?/m0/s1. The number of nitrogens with one attached hydrogen (secondary N) is 2. The van der Waals surface area contributed by atoms with Crippen LogP contribution in [0.25, 0.3) is 0 Å². The Morgan fingerprint density at radius 2 is 2.07 bits per heavy atom. The number of carbonyl (C=O) groups is 3. The fourth-order valence-corrected chi connectivity index (χ4v) is 4.73. The van der Waals surface area contributed by atoms with Crippen molar-refractivity contribution in [2.24, 2.45) is 5.41 Å². The van der Waals surface area contributed by atoms with Gasteiger partial charge in [0.1, 0.15) is 18.8 Å². The summed E-state index contributed by atoms with van der Waals surface area (Å²) < 4.78 is 26.1. The van der Waals surface area contributed by atoms with Crippen LogP contribution in [0.5, 0.6) is 0 Å². The predicted octanol–water partition coefficient (Wildman–Crippen LogP) is 0.0874. The molecule has 2 unspecified atom stereocenters. The summed E-state index contributed by atoms with van der Waals surface area (Å²) in [5.41, 5.74) is -0.742. The van der Waals surface area contributed by atoms with E-state index in [0.29, 0.717) is 19.6 Å². The molecule has 0 aromatic rings. The summed E-state index contributed by atoms with van der Waals surface area (Å²) in [7, 11) is -2.44. The third-order valence-corrected chi connectivity index (χ3v) is 6.23. The van der Waals surface area contributed by atoms with Gasteiger partial charge < -0.3 is 19.5 Å². The van der Waals surface area contributed by atoms with Crippen molar-refractivity contribution in [1.29, 1.82) is 0 Å². The zero-order valence-electron chi connectivity index (χ0n) is 17.1. The Hall–Kier alpha value is -1.36. The Morgan fingerprint density at radius 3 is 2.69 bits per heavy atom. The summed E-state index contributed by atoms with van der Waals surface area (Å²) >= 11 is 0. The molecule has 0 radical (unpaired) electrons. The second-order valence-electron chi connectivity index (χ2n) is 7.66. The molecule has 3 N–H and O–H groups in total. The average molecular weight is 437 g/mol. The van der Waals surface area contributed by atoms with Crippen LogP contribution in [0.2, 0.25) is 0 Å². The van der Waals surface area contributed by atoms with Crippen LogP contribution in [-0.4, -0.2) is 74.5 Å². The van der Waals surface area contributed by atoms with Crippen molar-refractivity contribution < 1.29 is 42.5 Å². The number of hydrogen-bond acceptors (Lipinski definition) is 10. The van der Waals surface area contributed by atoms with Gasteiger partial charge in [0, 0.05) is 18.4 Å². The lowest BCUT2D eigenvalue weighted by Crippen LogP contribution is -2.53. The van der Waals surface area contributed by atoms with Crippen LogP contribution in [-0.2, 0) is 37.6 Å². The van der Waals surface area contributed by atoms with Crippen molar-refractivity contribution in [3.63, 3.8) is 0 Å². The van der Waals surface area contributed by atoms with E-state index in [-0.39, 0.29) is 25.7 Å². The fraction of sp³-hybridized carbons (Fsp3) is 0.824. The van der Waals surface area contributed by atoms with Crippen LogP contribution >= 0.6 is 8.09 Å². The van der Waals surface area contributed by atoms with Gasteiger partial charge in [0.25, 0.3) is 5.91 Å². The van der Waals surface area contributed by atoms with Gasteiger partial charge in [0.2, 0.25) is 0 Å². The van der Waals surface area contributed by atoms with Crippen molar-refractivity contribution in [3.8, 4) is 0 Å². The van der Waals surface area contributed by atoms with E-state index in [2.05, 4.69) is 15.1 Å². The van der Waals surface area contributed by atoms with Gasteiger partial charge in [-0.25, -0.2) is 0 Å². The summed E-state index contributed by atoms with van der Waals surface area (Å²) in [5.74, 6) is -1.53. The molecule has 1 amide bonds. The lowest BCUT2D eigenvalue weighted by Gasteiger charge is -2.37. The van der Waals surface area contributed by atoms with Gasteiger partial charge in [-0.05, 0) is 6.92 Å². The molecule has 12 heteroatoms. The minimum Gasteiger partial charge on any atom is -0.469 e. The molecular weight excluding hydrogens is 407 g/mol. The van der Waals surface area contributed by atoms with Gasteiger partial charge >= 0.3 is 20.0 Å². The first-order valence-corrected chi connectivity index (χ1v) is 11.0. The lowest BCUT2D eigenvalue weighted by atomic mass is 9.87. The summed E-state index contributed by atoms with van der Waals surface area (Å²) in [5, 5.41) is 5.22. The third kappa shape index (κ3) is 6.84. The SMILES string of the molecule is COC(=O)CCNC(=O)[C@@H]1O[P+](O)(N[C@@H](C)C(=O)OC2CCOC2)OCC1(C)C. The highest BCUT2D eigenvalue weighted by atomic mass is 31.2. The summed E-state index contributed by atoms with van der Waals surface area (Å²) in [6.07, 6.45) is -0.740. The van der Waals surface area contributed by atoms with E-state index in [1.165, 1.54) is 14.0 Å². The van der Waals surface area contributed by atoms with Crippen LogP contribution in [0.15, 0.2) is 0 Å². The van der Waals surface area contributed by atoms with Gasteiger partial charge in [0.15, 0.2) is 6.10 Å². The van der Waals surface area contributed by atoms with Crippen molar-refractivity contribution in [3.05, 3.63) is 0 Å². The van der Waals surface area contributed by atoms with Crippen LogP contribution in [0.1, 0.15) is 33.6 Å². The maximum atomic E-state index is 12.6. The molecule has 11 nitrogen and oxygen atoms in total. The number of methoxy groups -OCH3 is 1. The largest absolute Gasteiger partial charge is 0.500 e. The first-order valence-electron chi connectivity index (χ1n) is 9.41. The first kappa shape index (κ1) is 23.9. The van der Waals surface area contributed by atoms with Crippen LogP contribution in [0.4, 0.5) is 0 Å². The number of carbonyl (C=O) groups excluding carboxylic acids is 3. The summed E-state index contributed by atoms with van der Waals surface area (Å²) in [6.45, 7) is 5.97. The molecule has 0 bridgehead atoms. The Balaban J connectivity index is 1.93. The van der Waals surface area contributed by atoms with Crippen LogP contribution in [0, 0.1) is 5.41 Å². The van der Waals surface area contributed by atoms with E-state index in [4.69, 9.17) is 18.5 Å². The molecule has 4 atom stereocenters. The van der Waals surface area contributed by atoms with E-state index < -0.39 is 43.5 Å². The van der Waals surface area contributed by atoms with Gasteiger partial charge in [-0.2, -0.15) is 9.42 Å². The number of amides is 1. The highest BCUT2D eigenvalue weighted by Crippen LogP contribution is 2.60. The molecular formula is C17H30N2O9P+. The fourth-order valence-electron chi connectivity index (χ4n) is 2.77. The smallest absolute Gasteiger partial charge is 0.469 e. The van der Waals surface area contributed by atoms with Gasteiger partial charge in [-0.15, -0.1) is 9.61 Å². The average Bonchev–Trinajstić information content (AvgIpc) is 3.16. The molecule has 2 saturated heterocycles. The van der Waals surface area contributed by atoms with E-state index in [0.717, 1.165) is 0 Å². The van der Waals surface area contributed by atoms with E-state index >= 15 is 0 Å². The van der Waals surface area contributed by atoms with Gasteiger partial charge in [0.05, 0.1) is 26.7 Å². The molecule has 2 aliphatic rings. The Bertz CT molecular complexity index is 612. The molecule has 0 saturated carbocycles.